The zero-order valence-corrected chi connectivity index (χ0v) is 14.7. The summed E-state index contributed by atoms with van der Waals surface area (Å²) in [6.45, 7) is 8.03. The van der Waals surface area contributed by atoms with Crippen molar-refractivity contribution in [2.45, 2.75) is 33.1 Å². The number of ether oxygens (including phenoxy) is 1. The van der Waals surface area contributed by atoms with Crippen LogP contribution in [0.5, 0.6) is 5.75 Å². The lowest BCUT2D eigenvalue weighted by molar-refractivity contribution is 0.278. The summed E-state index contributed by atoms with van der Waals surface area (Å²) in [7, 11) is 1.73. The molecule has 0 aromatic heterocycles. The van der Waals surface area contributed by atoms with Crippen LogP contribution in [0.2, 0.25) is 0 Å². The molecule has 0 amide bonds. The molecule has 0 saturated carbocycles. The van der Waals surface area contributed by atoms with Gasteiger partial charge in [-0.3, -0.25) is 0 Å². The summed E-state index contributed by atoms with van der Waals surface area (Å²) >= 11 is 0. The second-order valence-electron chi connectivity index (χ2n) is 5.99. The molecule has 2 rings (SSSR count). The van der Waals surface area contributed by atoms with Gasteiger partial charge in [0.15, 0.2) is 0 Å². The Labute approximate surface area is 141 Å². The SMILES string of the molecule is CCCN(CCC)CCc1cccc(-c2ccccc2OC)c1. The predicted molar refractivity (Wildman–Crippen MR) is 99.2 cm³/mol. The van der Waals surface area contributed by atoms with Gasteiger partial charge in [0.25, 0.3) is 0 Å². The Kier molecular flexibility index (Phi) is 7.15. The number of rotatable bonds is 9. The molecule has 0 saturated heterocycles. The molecule has 0 spiro atoms. The van der Waals surface area contributed by atoms with Gasteiger partial charge in [-0.25, -0.2) is 0 Å². The van der Waals surface area contributed by atoms with Crippen LogP contribution in [-0.2, 0) is 6.42 Å². The van der Waals surface area contributed by atoms with Gasteiger partial charge in [0.1, 0.15) is 5.75 Å². The van der Waals surface area contributed by atoms with Crippen molar-refractivity contribution in [3.05, 3.63) is 54.1 Å². The third kappa shape index (κ3) is 5.11. The molecule has 0 aliphatic heterocycles. The second-order valence-corrected chi connectivity index (χ2v) is 5.99. The van der Waals surface area contributed by atoms with Gasteiger partial charge in [0.2, 0.25) is 0 Å². The minimum absolute atomic E-state index is 0.934. The smallest absolute Gasteiger partial charge is 0.126 e. The number of hydrogen-bond acceptors (Lipinski definition) is 2. The van der Waals surface area contributed by atoms with Crippen LogP contribution in [0.4, 0.5) is 0 Å². The number of benzene rings is 2. The van der Waals surface area contributed by atoms with Gasteiger partial charge in [-0.15, -0.1) is 0 Å². The molecule has 0 aliphatic rings. The van der Waals surface area contributed by atoms with Crippen LogP contribution in [0.25, 0.3) is 11.1 Å². The maximum Gasteiger partial charge on any atom is 0.126 e. The quantitative estimate of drug-likeness (QED) is 0.644. The summed E-state index contributed by atoms with van der Waals surface area (Å²) in [4.78, 5) is 2.57. The summed E-state index contributed by atoms with van der Waals surface area (Å²) in [5.41, 5.74) is 3.79. The average Bonchev–Trinajstić information content (AvgIpc) is 2.60. The Morgan fingerprint density at radius 3 is 2.30 bits per heavy atom. The lowest BCUT2D eigenvalue weighted by atomic mass is 10.0. The Hall–Kier alpha value is -1.80. The second kappa shape index (κ2) is 9.36. The van der Waals surface area contributed by atoms with Gasteiger partial charge in [-0.2, -0.15) is 0 Å². The topological polar surface area (TPSA) is 12.5 Å². The van der Waals surface area contributed by atoms with E-state index in [-0.39, 0.29) is 0 Å². The van der Waals surface area contributed by atoms with Gasteiger partial charge >= 0.3 is 0 Å². The van der Waals surface area contributed by atoms with Crippen LogP contribution in [0.1, 0.15) is 32.3 Å². The zero-order valence-electron chi connectivity index (χ0n) is 14.7. The van der Waals surface area contributed by atoms with E-state index in [0.29, 0.717) is 0 Å². The summed E-state index contributed by atoms with van der Waals surface area (Å²) in [6.07, 6.45) is 3.55. The number of hydrogen-bond donors (Lipinski definition) is 0. The molecule has 2 aromatic carbocycles. The first-order valence-corrected chi connectivity index (χ1v) is 8.73. The van der Waals surface area contributed by atoms with Gasteiger partial charge < -0.3 is 9.64 Å². The molecule has 124 valence electrons. The van der Waals surface area contributed by atoms with E-state index in [1.54, 1.807) is 7.11 Å². The first-order valence-electron chi connectivity index (χ1n) is 8.73. The number of methoxy groups -OCH3 is 1. The third-order valence-electron chi connectivity index (χ3n) is 4.14. The van der Waals surface area contributed by atoms with E-state index >= 15 is 0 Å². The van der Waals surface area contributed by atoms with E-state index in [1.165, 1.54) is 37.1 Å². The maximum absolute atomic E-state index is 5.49. The molecular weight excluding hydrogens is 282 g/mol. The molecule has 0 radical (unpaired) electrons. The maximum atomic E-state index is 5.49. The fraction of sp³-hybridized carbons (Fsp3) is 0.429. The highest BCUT2D eigenvalue weighted by Crippen LogP contribution is 2.30. The number of para-hydroxylation sites is 1. The van der Waals surface area contributed by atoms with E-state index < -0.39 is 0 Å². The standard InChI is InChI=1S/C21H29NO/c1-4-14-22(15-5-2)16-13-18-9-8-10-19(17-18)20-11-6-7-12-21(20)23-3/h6-12,17H,4-5,13-16H2,1-3H3. The zero-order chi connectivity index (χ0) is 16.5. The monoisotopic (exact) mass is 311 g/mol. The highest BCUT2D eigenvalue weighted by Gasteiger charge is 2.07. The molecular formula is C21H29NO. The summed E-state index contributed by atoms with van der Waals surface area (Å²) in [6, 6.07) is 17.1. The third-order valence-corrected chi connectivity index (χ3v) is 4.14. The molecule has 0 heterocycles. The van der Waals surface area contributed by atoms with Gasteiger partial charge in [0, 0.05) is 12.1 Å². The Balaban J connectivity index is 2.10. The first-order chi connectivity index (χ1) is 11.3. The van der Waals surface area contributed by atoms with Crippen molar-refractivity contribution in [2.75, 3.05) is 26.7 Å². The van der Waals surface area contributed by atoms with Crippen molar-refractivity contribution in [1.82, 2.24) is 4.90 Å². The molecule has 2 heteroatoms. The van der Waals surface area contributed by atoms with E-state index in [9.17, 15) is 0 Å². The van der Waals surface area contributed by atoms with E-state index in [0.717, 1.165) is 24.3 Å². The van der Waals surface area contributed by atoms with Crippen LogP contribution in [-0.4, -0.2) is 31.6 Å². The predicted octanol–water partition coefficient (Wildman–Crippen LogP) is 5.03. The van der Waals surface area contributed by atoms with Crippen LogP contribution in [0.15, 0.2) is 48.5 Å². The first kappa shape index (κ1) is 17.6. The Bertz CT molecular complexity index is 588. The minimum atomic E-state index is 0.934. The molecule has 2 aromatic rings. The van der Waals surface area contributed by atoms with Crippen LogP contribution < -0.4 is 4.74 Å². The van der Waals surface area contributed by atoms with Crippen molar-refractivity contribution >= 4 is 0 Å². The highest BCUT2D eigenvalue weighted by atomic mass is 16.5. The van der Waals surface area contributed by atoms with Gasteiger partial charge in [-0.1, -0.05) is 56.3 Å². The Morgan fingerprint density at radius 2 is 1.61 bits per heavy atom. The molecule has 2 nitrogen and oxygen atoms in total. The van der Waals surface area contributed by atoms with Crippen LogP contribution in [0.3, 0.4) is 0 Å². The fourth-order valence-electron chi connectivity index (χ4n) is 3.03. The van der Waals surface area contributed by atoms with E-state index in [2.05, 4.69) is 55.1 Å². The van der Waals surface area contributed by atoms with E-state index in [4.69, 9.17) is 4.74 Å². The molecule has 0 aliphatic carbocycles. The summed E-state index contributed by atoms with van der Waals surface area (Å²) in [5.74, 6) is 0.934. The Morgan fingerprint density at radius 1 is 0.870 bits per heavy atom. The van der Waals surface area contributed by atoms with Crippen molar-refractivity contribution < 1.29 is 4.74 Å². The van der Waals surface area contributed by atoms with Gasteiger partial charge in [-0.05, 0) is 49.5 Å². The molecule has 23 heavy (non-hydrogen) atoms. The average molecular weight is 311 g/mol. The van der Waals surface area contributed by atoms with Crippen molar-refractivity contribution in [1.29, 1.82) is 0 Å². The van der Waals surface area contributed by atoms with Crippen LogP contribution in [0, 0.1) is 0 Å². The highest BCUT2D eigenvalue weighted by molar-refractivity contribution is 5.70. The van der Waals surface area contributed by atoms with E-state index in [1.807, 2.05) is 12.1 Å². The molecule has 0 N–H and O–H groups in total. The number of nitrogens with zero attached hydrogens (tertiary/aromatic N) is 1. The minimum Gasteiger partial charge on any atom is -0.496 e. The van der Waals surface area contributed by atoms with Crippen LogP contribution >= 0.6 is 0 Å². The molecule has 0 bridgehead atoms. The summed E-state index contributed by atoms with van der Waals surface area (Å²) < 4.78 is 5.49. The lowest BCUT2D eigenvalue weighted by Crippen LogP contribution is -2.27. The largest absolute Gasteiger partial charge is 0.496 e. The van der Waals surface area contributed by atoms with Gasteiger partial charge in [0.05, 0.1) is 7.11 Å². The van der Waals surface area contributed by atoms with Crippen molar-refractivity contribution in [3.63, 3.8) is 0 Å². The van der Waals surface area contributed by atoms with Crippen molar-refractivity contribution in [2.24, 2.45) is 0 Å². The fourth-order valence-corrected chi connectivity index (χ4v) is 3.03. The molecule has 0 unspecified atom stereocenters. The van der Waals surface area contributed by atoms with Crippen molar-refractivity contribution in [3.8, 4) is 16.9 Å². The molecule has 0 atom stereocenters. The molecule has 0 fully saturated rings. The summed E-state index contributed by atoms with van der Waals surface area (Å²) in [5, 5.41) is 0. The normalized spacial score (nSPS) is 11.0. The lowest BCUT2D eigenvalue weighted by Gasteiger charge is -2.21.